The fourth-order valence-corrected chi connectivity index (χ4v) is 1.87. The summed E-state index contributed by atoms with van der Waals surface area (Å²) in [6, 6.07) is 5.81. The van der Waals surface area contributed by atoms with Gasteiger partial charge in [-0.15, -0.1) is 0 Å². The number of amides is 1. The number of aromatic nitrogens is 3. The Balaban J connectivity index is 2.23. The Morgan fingerprint density at radius 3 is 2.94 bits per heavy atom. The molecule has 17 heavy (non-hydrogen) atoms. The maximum absolute atomic E-state index is 10.9. The van der Waals surface area contributed by atoms with Crippen molar-refractivity contribution in [3.8, 4) is 0 Å². The Morgan fingerprint density at radius 1 is 1.24 bits per heavy atom. The molecule has 5 heteroatoms. The Bertz CT molecular complexity index is 717. The van der Waals surface area contributed by atoms with E-state index in [1.165, 1.54) is 6.92 Å². The van der Waals surface area contributed by atoms with Crippen molar-refractivity contribution >= 4 is 33.7 Å². The van der Waals surface area contributed by atoms with E-state index in [2.05, 4.69) is 20.3 Å². The molecule has 84 valence electrons. The molecule has 2 heterocycles. The summed E-state index contributed by atoms with van der Waals surface area (Å²) in [7, 11) is 0. The van der Waals surface area contributed by atoms with E-state index in [0.717, 1.165) is 21.8 Å². The molecule has 0 spiro atoms. The summed E-state index contributed by atoms with van der Waals surface area (Å²) in [4.78, 5) is 22.4. The van der Waals surface area contributed by atoms with E-state index >= 15 is 0 Å². The zero-order chi connectivity index (χ0) is 11.8. The van der Waals surface area contributed by atoms with Crippen LogP contribution in [-0.2, 0) is 4.79 Å². The molecule has 0 aliphatic carbocycles. The maximum atomic E-state index is 10.9. The number of carbonyl (C=O) groups excluding carboxylic acids is 1. The van der Waals surface area contributed by atoms with Gasteiger partial charge in [0.05, 0.1) is 11.0 Å². The summed E-state index contributed by atoms with van der Waals surface area (Å²) >= 11 is 0. The van der Waals surface area contributed by atoms with Crippen LogP contribution in [0.4, 0.5) is 5.95 Å². The molecule has 5 nitrogen and oxygen atoms in total. The summed E-state index contributed by atoms with van der Waals surface area (Å²) in [6.45, 7) is 1.45. The lowest BCUT2D eigenvalue weighted by atomic mass is 10.1. The quantitative estimate of drug-likeness (QED) is 0.667. The lowest BCUT2D eigenvalue weighted by Gasteiger charge is -2.04. The molecule has 0 saturated carbocycles. The average Bonchev–Trinajstić information content (AvgIpc) is 2.76. The lowest BCUT2D eigenvalue weighted by molar-refractivity contribution is -0.114. The molecule has 2 N–H and O–H groups in total. The highest BCUT2D eigenvalue weighted by molar-refractivity contribution is 6.05. The van der Waals surface area contributed by atoms with Crippen molar-refractivity contribution in [1.29, 1.82) is 0 Å². The largest absolute Gasteiger partial charge is 0.325 e. The number of hydrogen-bond donors (Lipinski definition) is 2. The van der Waals surface area contributed by atoms with Crippen LogP contribution in [0.25, 0.3) is 21.8 Å². The Hall–Kier alpha value is -2.43. The molecule has 3 rings (SSSR count). The van der Waals surface area contributed by atoms with Crippen molar-refractivity contribution < 1.29 is 4.79 Å². The fraction of sp³-hybridized carbons (Fsp3) is 0.0833. The van der Waals surface area contributed by atoms with Crippen LogP contribution in [0, 0.1) is 0 Å². The van der Waals surface area contributed by atoms with Gasteiger partial charge in [-0.25, -0.2) is 4.98 Å². The predicted octanol–water partition coefficient (Wildman–Crippen LogP) is 2.07. The second-order valence-electron chi connectivity index (χ2n) is 3.82. The van der Waals surface area contributed by atoms with E-state index in [1.807, 2.05) is 18.2 Å². The molecule has 0 bridgehead atoms. The van der Waals surface area contributed by atoms with Crippen LogP contribution < -0.4 is 5.32 Å². The molecule has 2 aromatic heterocycles. The summed E-state index contributed by atoms with van der Waals surface area (Å²) < 4.78 is 0. The molecule has 0 aliphatic rings. The molecule has 0 radical (unpaired) electrons. The van der Waals surface area contributed by atoms with Crippen molar-refractivity contribution in [3.05, 3.63) is 30.6 Å². The number of rotatable bonds is 1. The summed E-state index contributed by atoms with van der Waals surface area (Å²) in [6.07, 6.45) is 3.51. The van der Waals surface area contributed by atoms with Crippen LogP contribution in [0.1, 0.15) is 6.92 Å². The highest BCUT2D eigenvalue weighted by atomic mass is 16.1. The predicted molar refractivity (Wildman–Crippen MR) is 65.7 cm³/mol. The van der Waals surface area contributed by atoms with Gasteiger partial charge in [-0.3, -0.25) is 15.1 Å². The van der Waals surface area contributed by atoms with E-state index in [4.69, 9.17) is 0 Å². The third-order valence-electron chi connectivity index (χ3n) is 2.59. The second-order valence-corrected chi connectivity index (χ2v) is 3.82. The number of hydrogen-bond acceptors (Lipinski definition) is 3. The molecule has 0 unspecified atom stereocenters. The molecular weight excluding hydrogens is 216 g/mol. The maximum Gasteiger partial charge on any atom is 0.223 e. The highest BCUT2D eigenvalue weighted by Crippen LogP contribution is 2.23. The van der Waals surface area contributed by atoms with Crippen LogP contribution in [0.15, 0.2) is 30.6 Å². The van der Waals surface area contributed by atoms with Crippen molar-refractivity contribution in [2.75, 3.05) is 5.32 Å². The normalized spacial score (nSPS) is 10.9. The number of nitrogens with zero attached hydrogens (tertiary/aromatic N) is 2. The first-order chi connectivity index (χ1) is 8.24. The molecule has 1 aromatic carbocycles. The van der Waals surface area contributed by atoms with Gasteiger partial charge in [-0.2, -0.15) is 0 Å². The Labute approximate surface area is 96.9 Å². The van der Waals surface area contributed by atoms with Crippen molar-refractivity contribution in [2.24, 2.45) is 0 Å². The lowest BCUT2D eigenvalue weighted by Crippen LogP contribution is -2.08. The third kappa shape index (κ3) is 1.61. The molecule has 3 aromatic rings. The minimum absolute atomic E-state index is 0.149. The first kappa shape index (κ1) is 9.77. The van der Waals surface area contributed by atoms with Crippen LogP contribution in [-0.4, -0.2) is 20.9 Å². The number of H-pyrrole nitrogens is 1. The standard InChI is InChI=1S/C12H10N4O/c1-7(17)15-12-14-6-9-8-4-5-13-10(8)2-3-11(9)16-12/h2-6H,1H3,(H2,14,15,16,17). The molecule has 0 saturated heterocycles. The van der Waals surface area contributed by atoms with E-state index < -0.39 is 0 Å². The van der Waals surface area contributed by atoms with E-state index in [0.29, 0.717) is 5.95 Å². The second kappa shape index (κ2) is 3.55. The summed E-state index contributed by atoms with van der Waals surface area (Å²) in [5.74, 6) is 0.299. The van der Waals surface area contributed by atoms with Gasteiger partial charge in [0.25, 0.3) is 0 Å². The smallest absolute Gasteiger partial charge is 0.223 e. The molecular formula is C12H10N4O. The Morgan fingerprint density at radius 2 is 2.12 bits per heavy atom. The van der Waals surface area contributed by atoms with Gasteiger partial charge in [-0.05, 0) is 18.2 Å². The van der Waals surface area contributed by atoms with E-state index in [1.54, 1.807) is 12.4 Å². The zero-order valence-electron chi connectivity index (χ0n) is 9.19. The first-order valence-electron chi connectivity index (χ1n) is 5.24. The zero-order valence-corrected chi connectivity index (χ0v) is 9.19. The highest BCUT2D eigenvalue weighted by Gasteiger charge is 2.04. The minimum Gasteiger partial charge on any atom is -0.325 e. The van der Waals surface area contributed by atoms with Crippen LogP contribution in [0.3, 0.4) is 0 Å². The number of benzene rings is 1. The SMILES string of the molecule is CC(=O)Nc1ncc2c(ccc3nccc32)[nH]1. The molecule has 0 fully saturated rings. The van der Waals surface area contributed by atoms with E-state index in [-0.39, 0.29) is 5.91 Å². The van der Waals surface area contributed by atoms with Gasteiger partial charge >= 0.3 is 0 Å². The van der Waals surface area contributed by atoms with Crippen LogP contribution >= 0.6 is 0 Å². The number of carbonyl (C=O) groups is 1. The molecule has 0 atom stereocenters. The topological polar surface area (TPSA) is 70.7 Å². The molecule has 0 aliphatic heterocycles. The van der Waals surface area contributed by atoms with Crippen molar-refractivity contribution in [1.82, 2.24) is 15.0 Å². The minimum atomic E-state index is -0.149. The van der Waals surface area contributed by atoms with Gasteiger partial charge in [0, 0.05) is 30.1 Å². The van der Waals surface area contributed by atoms with Gasteiger partial charge < -0.3 is 4.98 Å². The van der Waals surface area contributed by atoms with Gasteiger partial charge in [0.1, 0.15) is 0 Å². The van der Waals surface area contributed by atoms with Gasteiger partial charge in [0.15, 0.2) is 0 Å². The Kier molecular flexibility index (Phi) is 2.04. The monoisotopic (exact) mass is 226 g/mol. The van der Waals surface area contributed by atoms with Crippen LogP contribution in [0.5, 0.6) is 0 Å². The third-order valence-corrected chi connectivity index (χ3v) is 2.59. The number of fused-ring (bicyclic) bond motifs is 3. The summed E-state index contributed by atoms with van der Waals surface area (Å²) in [5.41, 5.74) is 1.87. The number of anilines is 1. The van der Waals surface area contributed by atoms with Gasteiger partial charge in [-0.1, -0.05) is 0 Å². The number of nitrogens with one attached hydrogen (secondary N) is 2. The van der Waals surface area contributed by atoms with Crippen molar-refractivity contribution in [2.45, 2.75) is 6.92 Å². The van der Waals surface area contributed by atoms with E-state index in [9.17, 15) is 4.79 Å². The molecule has 1 amide bonds. The fourth-order valence-electron chi connectivity index (χ4n) is 1.87. The first-order valence-corrected chi connectivity index (χ1v) is 5.24. The van der Waals surface area contributed by atoms with Gasteiger partial charge in [0.2, 0.25) is 11.9 Å². The van der Waals surface area contributed by atoms with Crippen molar-refractivity contribution in [3.63, 3.8) is 0 Å². The number of aromatic amines is 1. The van der Waals surface area contributed by atoms with Crippen LogP contribution in [0.2, 0.25) is 0 Å². The summed E-state index contributed by atoms with van der Waals surface area (Å²) in [5, 5.41) is 4.67. The average molecular weight is 226 g/mol.